The van der Waals surface area contributed by atoms with Gasteiger partial charge in [0.1, 0.15) is 28.5 Å². The number of oxazole rings is 1. The molecule has 0 fully saturated rings. The van der Waals surface area contributed by atoms with Crippen molar-refractivity contribution in [1.29, 1.82) is 0 Å². The Morgan fingerprint density at radius 1 is 1.20 bits per heavy atom. The molecule has 0 amide bonds. The standard InChI is InChI=1S/C26H26F3N3O7S/c1-13(2)38-17(15-8-6-7-9-16(15)39-26(27,28)29)12-31-22-18(14(3)19(40-22)20-30-10-11-37-20)21(33)32(24(31)36)25(4,5)23(34)35/h6-11,13,17H,12H2,1-5H3,(H,34,35). The number of hydrogen-bond donors (Lipinski definition) is 1. The first kappa shape index (κ1) is 29.1. The number of carboxylic acids is 1. The van der Waals surface area contributed by atoms with Gasteiger partial charge in [-0.25, -0.2) is 19.1 Å². The number of carbonyl (C=O) groups is 1. The lowest BCUT2D eigenvalue weighted by Gasteiger charge is -2.27. The van der Waals surface area contributed by atoms with Gasteiger partial charge in [0.2, 0.25) is 5.89 Å². The molecule has 0 saturated heterocycles. The Balaban J connectivity index is 2.03. The summed E-state index contributed by atoms with van der Waals surface area (Å²) in [5.74, 6) is -1.77. The molecule has 10 nitrogen and oxygen atoms in total. The van der Waals surface area contributed by atoms with Crippen LogP contribution in [0.2, 0.25) is 0 Å². The minimum atomic E-state index is -4.99. The van der Waals surface area contributed by atoms with Gasteiger partial charge in [-0.15, -0.1) is 24.5 Å². The van der Waals surface area contributed by atoms with Crippen molar-refractivity contribution in [2.75, 3.05) is 0 Å². The Hall–Kier alpha value is -3.91. The molecule has 1 unspecified atom stereocenters. The topological polar surface area (TPSA) is 126 Å². The van der Waals surface area contributed by atoms with Crippen molar-refractivity contribution in [2.24, 2.45) is 0 Å². The molecule has 0 aliphatic heterocycles. The highest BCUT2D eigenvalue weighted by molar-refractivity contribution is 7.22. The van der Waals surface area contributed by atoms with Crippen molar-refractivity contribution in [3.8, 4) is 16.5 Å². The number of fused-ring (bicyclic) bond motifs is 1. The van der Waals surface area contributed by atoms with Crippen LogP contribution >= 0.6 is 11.3 Å². The van der Waals surface area contributed by atoms with Crippen LogP contribution in [-0.2, 0) is 21.6 Å². The molecule has 40 heavy (non-hydrogen) atoms. The van der Waals surface area contributed by atoms with Crippen molar-refractivity contribution in [3.05, 3.63) is 68.7 Å². The number of alkyl halides is 3. The van der Waals surface area contributed by atoms with Crippen molar-refractivity contribution < 1.29 is 37.0 Å². The van der Waals surface area contributed by atoms with Gasteiger partial charge < -0.3 is 19.0 Å². The quantitative estimate of drug-likeness (QED) is 0.290. The molecule has 0 saturated carbocycles. The number of halogens is 3. The van der Waals surface area contributed by atoms with E-state index < -0.39 is 47.1 Å². The fourth-order valence-corrected chi connectivity index (χ4v) is 5.55. The van der Waals surface area contributed by atoms with E-state index in [1.165, 1.54) is 44.5 Å². The largest absolute Gasteiger partial charge is 0.573 e. The summed E-state index contributed by atoms with van der Waals surface area (Å²) in [7, 11) is 0. The van der Waals surface area contributed by atoms with E-state index in [0.29, 0.717) is 15.0 Å². The summed E-state index contributed by atoms with van der Waals surface area (Å²) in [4.78, 5) is 44.4. The van der Waals surface area contributed by atoms with Gasteiger partial charge in [0.25, 0.3) is 5.56 Å². The molecular formula is C26H26F3N3O7S. The van der Waals surface area contributed by atoms with E-state index in [1.54, 1.807) is 20.8 Å². The van der Waals surface area contributed by atoms with E-state index >= 15 is 0 Å². The second-order valence-electron chi connectivity index (χ2n) is 9.73. The summed E-state index contributed by atoms with van der Waals surface area (Å²) >= 11 is 1.01. The molecule has 1 aromatic carbocycles. The highest BCUT2D eigenvalue weighted by Gasteiger charge is 2.37. The van der Waals surface area contributed by atoms with Gasteiger partial charge in [-0.2, -0.15) is 0 Å². The number of para-hydroxylation sites is 1. The van der Waals surface area contributed by atoms with E-state index in [4.69, 9.17) is 9.15 Å². The van der Waals surface area contributed by atoms with E-state index in [-0.39, 0.29) is 28.2 Å². The van der Waals surface area contributed by atoms with Crippen LogP contribution in [0.1, 0.15) is 44.9 Å². The van der Waals surface area contributed by atoms with Crippen LogP contribution in [-0.4, -0.2) is 37.7 Å². The van der Waals surface area contributed by atoms with Gasteiger partial charge in [-0.1, -0.05) is 18.2 Å². The molecule has 0 bridgehead atoms. The number of benzene rings is 1. The lowest BCUT2D eigenvalue weighted by molar-refractivity contribution is -0.275. The van der Waals surface area contributed by atoms with E-state index in [1.807, 2.05) is 0 Å². The number of ether oxygens (including phenoxy) is 2. The fourth-order valence-electron chi connectivity index (χ4n) is 4.31. The number of thiophene rings is 1. The molecule has 1 atom stereocenters. The maximum absolute atomic E-state index is 13.9. The second-order valence-corrected chi connectivity index (χ2v) is 10.7. The zero-order valence-corrected chi connectivity index (χ0v) is 22.9. The predicted octanol–water partition coefficient (Wildman–Crippen LogP) is 5.07. The van der Waals surface area contributed by atoms with Crippen LogP contribution in [0.5, 0.6) is 5.75 Å². The van der Waals surface area contributed by atoms with E-state index in [2.05, 4.69) is 9.72 Å². The summed E-state index contributed by atoms with van der Waals surface area (Å²) in [5, 5.41) is 9.93. The normalized spacial score (nSPS) is 13.2. The number of carboxylic acid groups (broad SMARTS) is 1. The Bertz CT molecular complexity index is 1670. The number of rotatable bonds is 9. The van der Waals surface area contributed by atoms with Gasteiger partial charge in [0.05, 0.1) is 29.1 Å². The second kappa shape index (κ2) is 10.6. The maximum atomic E-state index is 13.9. The van der Waals surface area contributed by atoms with Crippen LogP contribution in [0.3, 0.4) is 0 Å². The summed E-state index contributed by atoms with van der Waals surface area (Å²) in [5.41, 5.74) is -3.37. The van der Waals surface area contributed by atoms with Crippen LogP contribution in [0.15, 0.2) is 50.7 Å². The molecule has 4 aromatic rings. The first-order valence-electron chi connectivity index (χ1n) is 12.1. The van der Waals surface area contributed by atoms with Crippen LogP contribution in [0.25, 0.3) is 21.0 Å². The average Bonchev–Trinajstić information content (AvgIpc) is 3.48. The van der Waals surface area contributed by atoms with Gasteiger partial charge in [0, 0.05) is 5.56 Å². The van der Waals surface area contributed by atoms with Crippen molar-refractivity contribution in [3.63, 3.8) is 0 Å². The van der Waals surface area contributed by atoms with Crippen LogP contribution in [0.4, 0.5) is 13.2 Å². The number of aliphatic carboxylic acids is 1. The zero-order valence-electron chi connectivity index (χ0n) is 22.1. The SMILES string of the molecule is Cc1c(-c2ncco2)sc2c1c(=O)n(C(C)(C)C(=O)O)c(=O)n2CC(OC(C)C)c1ccccc1OC(F)(F)F. The van der Waals surface area contributed by atoms with E-state index in [9.17, 15) is 32.7 Å². The molecule has 214 valence electrons. The van der Waals surface area contributed by atoms with Crippen molar-refractivity contribution in [2.45, 2.75) is 65.3 Å². The molecule has 1 N–H and O–H groups in total. The number of aryl methyl sites for hydroxylation is 1. The van der Waals surface area contributed by atoms with Crippen LogP contribution < -0.4 is 16.0 Å². The van der Waals surface area contributed by atoms with Crippen molar-refractivity contribution >= 4 is 27.5 Å². The third-order valence-corrected chi connectivity index (χ3v) is 7.50. The fraction of sp³-hybridized carbons (Fsp3) is 0.385. The third-order valence-electron chi connectivity index (χ3n) is 6.20. The molecule has 14 heteroatoms. The summed E-state index contributed by atoms with van der Waals surface area (Å²) in [6, 6.07) is 5.37. The molecule has 3 heterocycles. The molecule has 0 radical (unpaired) electrons. The number of aromatic nitrogens is 3. The Morgan fingerprint density at radius 2 is 1.88 bits per heavy atom. The zero-order chi connectivity index (χ0) is 29.6. The Morgan fingerprint density at radius 3 is 2.45 bits per heavy atom. The van der Waals surface area contributed by atoms with Gasteiger partial charge in [0.15, 0.2) is 0 Å². The maximum Gasteiger partial charge on any atom is 0.573 e. The smallest absolute Gasteiger partial charge is 0.480 e. The first-order chi connectivity index (χ1) is 18.6. The van der Waals surface area contributed by atoms with Crippen LogP contribution in [0, 0.1) is 6.92 Å². The average molecular weight is 582 g/mol. The highest BCUT2D eigenvalue weighted by Crippen LogP contribution is 2.38. The molecule has 3 aromatic heterocycles. The number of nitrogens with zero attached hydrogens (tertiary/aromatic N) is 3. The molecule has 0 aliphatic carbocycles. The van der Waals surface area contributed by atoms with Gasteiger partial charge in [-0.3, -0.25) is 9.36 Å². The van der Waals surface area contributed by atoms with Gasteiger partial charge in [-0.05, 0) is 46.2 Å². The molecule has 4 rings (SSSR count). The third kappa shape index (κ3) is 5.41. The first-order valence-corrected chi connectivity index (χ1v) is 12.9. The minimum Gasteiger partial charge on any atom is -0.480 e. The minimum absolute atomic E-state index is 0.00465. The lowest BCUT2D eigenvalue weighted by atomic mass is 10.1. The Labute approximate surface area is 229 Å². The van der Waals surface area contributed by atoms with Gasteiger partial charge >= 0.3 is 18.0 Å². The summed E-state index contributed by atoms with van der Waals surface area (Å²) in [6.07, 6.45) is -3.91. The molecule has 0 spiro atoms. The highest BCUT2D eigenvalue weighted by atomic mass is 32.1. The molecule has 0 aliphatic rings. The van der Waals surface area contributed by atoms with Crippen molar-refractivity contribution in [1.82, 2.24) is 14.1 Å². The van der Waals surface area contributed by atoms with E-state index in [0.717, 1.165) is 22.0 Å². The molecular weight excluding hydrogens is 555 g/mol. The summed E-state index contributed by atoms with van der Waals surface area (Å²) < 4.78 is 57.0. The number of hydrogen-bond acceptors (Lipinski definition) is 8. The summed E-state index contributed by atoms with van der Waals surface area (Å²) in [6.45, 7) is 7.00. The monoisotopic (exact) mass is 581 g/mol. The predicted molar refractivity (Wildman–Crippen MR) is 140 cm³/mol. The lowest BCUT2D eigenvalue weighted by Crippen LogP contribution is -2.52. The Kier molecular flexibility index (Phi) is 7.69.